The van der Waals surface area contributed by atoms with Gasteiger partial charge in [0.05, 0.1) is 0 Å². The van der Waals surface area contributed by atoms with Crippen LogP contribution in [0.4, 0.5) is 0 Å². The van der Waals surface area contributed by atoms with Gasteiger partial charge in [-0.1, -0.05) is 38.5 Å². The average Bonchev–Trinajstić information content (AvgIpc) is 2.59. The van der Waals surface area contributed by atoms with Crippen LogP contribution >= 0.6 is 0 Å². The fourth-order valence-corrected chi connectivity index (χ4v) is 1.91. The van der Waals surface area contributed by atoms with Crippen molar-refractivity contribution >= 4 is 24.3 Å². The molecule has 0 aliphatic rings. The van der Waals surface area contributed by atoms with Crippen molar-refractivity contribution in [3.8, 4) is 0 Å². The van der Waals surface area contributed by atoms with Crippen molar-refractivity contribution in [3.63, 3.8) is 0 Å². The van der Waals surface area contributed by atoms with Gasteiger partial charge >= 0.3 is 0 Å². The van der Waals surface area contributed by atoms with E-state index < -0.39 is 0 Å². The molecule has 1 heteroatoms. The predicted octanol–water partition coefficient (Wildman–Crippen LogP) is 4.08. The molecular weight excluding hydrogens is 182 g/mol. The molecule has 0 saturated carbocycles. The first-order chi connectivity index (χ1) is 7.24. The summed E-state index contributed by atoms with van der Waals surface area (Å²) in [4.78, 5) is 0. The van der Waals surface area contributed by atoms with Gasteiger partial charge in [-0.2, -0.15) is 0 Å². The summed E-state index contributed by atoms with van der Waals surface area (Å²) in [6.07, 6.45) is 7.38. The zero-order chi connectivity index (χ0) is 11.4. The second kappa shape index (κ2) is 4.65. The predicted molar refractivity (Wildman–Crippen MR) is 70.5 cm³/mol. The highest BCUT2D eigenvalue weighted by molar-refractivity contribution is 5.78. The number of nitrogens with zero attached hydrogens (tertiary/aromatic N) is 1. The number of hydrogen-bond donors (Lipinski definition) is 0. The Kier molecular flexibility index (Phi) is 3.51. The summed E-state index contributed by atoms with van der Waals surface area (Å²) in [5.74, 6) is 0. The molecule has 0 spiro atoms. The maximum Gasteiger partial charge on any atom is 0.0485 e. The Bertz CT molecular complexity index is 382. The Hall–Kier alpha value is -1.76. The summed E-state index contributed by atoms with van der Waals surface area (Å²) >= 11 is 0. The monoisotopic (exact) mass is 199 g/mol. The maximum atomic E-state index is 3.83. The fourth-order valence-electron chi connectivity index (χ4n) is 1.91. The second-order valence-corrected chi connectivity index (χ2v) is 3.16. The van der Waals surface area contributed by atoms with Crippen LogP contribution in [-0.4, -0.2) is 4.57 Å². The Morgan fingerprint density at radius 2 is 1.27 bits per heavy atom. The SMILES string of the molecule is C=Cc1c(C=C)c(C=C)n(CC)c1C=C. The van der Waals surface area contributed by atoms with Gasteiger partial charge in [0.15, 0.2) is 0 Å². The Labute approximate surface area is 91.7 Å². The van der Waals surface area contributed by atoms with Gasteiger partial charge in [0.2, 0.25) is 0 Å². The fraction of sp³-hybridized carbons (Fsp3) is 0.143. The third-order valence-electron chi connectivity index (χ3n) is 2.53. The van der Waals surface area contributed by atoms with Crippen LogP contribution in [0.15, 0.2) is 26.3 Å². The standard InChI is InChI=1S/C14H17N/c1-6-11-12(7-2)14(9-4)15(10-5)13(11)8-3/h6-9H,1-4,10H2,5H3. The molecule has 15 heavy (non-hydrogen) atoms. The van der Waals surface area contributed by atoms with Crippen LogP contribution in [-0.2, 0) is 6.54 Å². The van der Waals surface area contributed by atoms with E-state index >= 15 is 0 Å². The molecule has 0 bridgehead atoms. The Morgan fingerprint density at radius 3 is 1.47 bits per heavy atom. The molecule has 1 nitrogen and oxygen atoms in total. The van der Waals surface area contributed by atoms with Gasteiger partial charge in [0.1, 0.15) is 0 Å². The van der Waals surface area contributed by atoms with Crippen LogP contribution in [0.3, 0.4) is 0 Å². The molecule has 0 N–H and O–H groups in total. The molecule has 0 unspecified atom stereocenters. The minimum absolute atomic E-state index is 0.886. The molecule has 1 aromatic rings. The lowest BCUT2D eigenvalue weighted by atomic mass is 10.1. The third kappa shape index (κ3) is 1.61. The average molecular weight is 199 g/mol. The van der Waals surface area contributed by atoms with E-state index in [1.54, 1.807) is 0 Å². The molecule has 0 saturated heterocycles. The first kappa shape index (κ1) is 11.3. The van der Waals surface area contributed by atoms with Gasteiger partial charge < -0.3 is 4.57 Å². The molecule has 0 atom stereocenters. The summed E-state index contributed by atoms with van der Waals surface area (Å²) in [7, 11) is 0. The highest BCUT2D eigenvalue weighted by Gasteiger charge is 2.13. The van der Waals surface area contributed by atoms with Crippen molar-refractivity contribution in [2.45, 2.75) is 13.5 Å². The topological polar surface area (TPSA) is 4.93 Å². The zero-order valence-electron chi connectivity index (χ0n) is 9.29. The normalized spacial score (nSPS) is 9.67. The Morgan fingerprint density at radius 1 is 0.867 bits per heavy atom. The minimum Gasteiger partial charge on any atom is -0.341 e. The van der Waals surface area contributed by atoms with Crippen molar-refractivity contribution in [1.82, 2.24) is 4.57 Å². The van der Waals surface area contributed by atoms with Gasteiger partial charge in [-0.05, 0) is 19.1 Å². The lowest BCUT2D eigenvalue weighted by molar-refractivity contribution is 0.753. The van der Waals surface area contributed by atoms with E-state index in [1.807, 2.05) is 24.3 Å². The van der Waals surface area contributed by atoms with Crippen molar-refractivity contribution in [3.05, 3.63) is 48.8 Å². The third-order valence-corrected chi connectivity index (χ3v) is 2.53. The van der Waals surface area contributed by atoms with E-state index in [4.69, 9.17) is 0 Å². The molecule has 1 rings (SSSR count). The minimum atomic E-state index is 0.886. The lowest BCUT2D eigenvalue weighted by Gasteiger charge is -2.05. The van der Waals surface area contributed by atoms with E-state index in [0.717, 1.165) is 29.1 Å². The number of aromatic nitrogens is 1. The van der Waals surface area contributed by atoms with Gasteiger partial charge in [-0.3, -0.25) is 0 Å². The Balaban J connectivity index is 3.70. The number of hydrogen-bond acceptors (Lipinski definition) is 0. The van der Waals surface area contributed by atoms with E-state index in [-0.39, 0.29) is 0 Å². The molecule has 0 aromatic carbocycles. The van der Waals surface area contributed by atoms with Gasteiger partial charge in [0, 0.05) is 29.1 Å². The van der Waals surface area contributed by atoms with E-state index in [2.05, 4.69) is 37.8 Å². The maximum absolute atomic E-state index is 3.83. The molecule has 0 fully saturated rings. The van der Waals surface area contributed by atoms with Crippen LogP contribution in [0.2, 0.25) is 0 Å². The highest BCUT2D eigenvalue weighted by atomic mass is 15.0. The summed E-state index contributed by atoms with van der Waals surface area (Å²) in [6.45, 7) is 18.3. The van der Waals surface area contributed by atoms with Crippen LogP contribution in [0.1, 0.15) is 29.4 Å². The van der Waals surface area contributed by atoms with Gasteiger partial charge in [-0.25, -0.2) is 0 Å². The zero-order valence-corrected chi connectivity index (χ0v) is 9.29. The quantitative estimate of drug-likeness (QED) is 0.673. The van der Waals surface area contributed by atoms with E-state index in [1.165, 1.54) is 0 Å². The second-order valence-electron chi connectivity index (χ2n) is 3.16. The van der Waals surface area contributed by atoms with Crippen molar-refractivity contribution in [2.75, 3.05) is 0 Å². The van der Waals surface area contributed by atoms with Crippen LogP contribution in [0.5, 0.6) is 0 Å². The molecule has 1 heterocycles. The highest BCUT2D eigenvalue weighted by Crippen LogP contribution is 2.27. The van der Waals surface area contributed by atoms with Crippen molar-refractivity contribution in [1.29, 1.82) is 0 Å². The van der Waals surface area contributed by atoms with Gasteiger partial charge in [-0.15, -0.1) is 0 Å². The lowest BCUT2D eigenvalue weighted by Crippen LogP contribution is -1.99. The summed E-state index contributed by atoms with van der Waals surface area (Å²) in [5.41, 5.74) is 4.32. The van der Waals surface area contributed by atoms with Crippen LogP contribution in [0.25, 0.3) is 24.3 Å². The smallest absolute Gasteiger partial charge is 0.0485 e. The molecule has 0 amide bonds. The van der Waals surface area contributed by atoms with E-state index in [9.17, 15) is 0 Å². The largest absolute Gasteiger partial charge is 0.341 e. The summed E-state index contributed by atoms with van der Waals surface area (Å²) in [6, 6.07) is 0. The molecule has 1 aromatic heterocycles. The number of rotatable bonds is 5. The first-order valence-corrected chi connectivity index (χ1v) is 5.01. The molecule has 78 valence electrons. The first-order valence-electron chi connectivity index (χ1n) is 5.01. The molecule has 0 radical (unpaired) electrons. The molecule has 0 aliphatic heterocycles. The summed E-state index contributed by atoms with van der Waals surface area (Å²) in [5, 5.41) is 0. The van der Waals surface area contributed by atoms with E-state index in [0.29, 0.717) is 0 Å². The van der Waals surface area contributed by atoms with Crippen molar-refractivity contribution < 1.29 is 0 Å². The van der Waals surface area contributed by atoms with Crippen molar-refractivity contribution in [2.24, 2.45) is 0 Å². The molecule has 0 aliphatic carbocycles. The van der Waals surface area contributed by atoms with Gasteiger partial charge in [0.25, 0.3) is 0 Å². The summed E-state index contributed by atoms with van der Waals surface area (Å²) < 4.78 is 2.16. The van der Waals surface area contributed by atoms with Crippen LogP contribution in [0, 0.1) is 0 Å². The van der Waals surface area contributed by atoms with Crippen LogP contribution < -0.4 is 0 Å². The molecular formula is C14H17N.